The van der Waals surface area contributed by atoms with Crippen LogP contribution in [0, 0.1) is 0 Å². The van der Waals surface area contributed by atoms with Crippen LogP contribution in [-0.2, 0) is 0 Å². The second-order valence-electron chi connectivity index (χ2n) is 9.33. The van der Waals surface area contributed by atoms with E-state index in [0.717, 1.165) is 4.57 Å². The van der Waals surface area contributed by atoms with Crippen LogP contribution in [0.5, 0.6) is 0 Å². The van der Waals surface area contributed by atoms with Crippen molar-refractivity contribution in [2.75, 3.05) is 0 Å². The molecule has 5 heteroatoms. The van der Waals surface area contributed by atoms with Gasteiger partial charge in [-0.15, -0.1) is 0 Å². The fourth-order valence-corrected chi connectivity index (χ4v) is 5.04. The van der Waals surface area contributed by atoms with Crippen molar-refractivity contribution in [1.29, 1.82) is 0 Å². The summed E-state index contributed by atoms with van der Waals surface area (Å²) in [5.41, 5.74) is -2.36. The fraction of sp³-hybridized carbons (Fsp3) is 0. The topological polar surface area (TPSA) is 56.7 Å². The molecular weight excluding hydrogens is 540 g/mol. The quantitative estimate of drug-likeness (QED) is 0.206. The largest absolute Gasteiger partial charge is 0.456 e. The van der Waals surface area contributed by atoms with E-state index in [1.54, 1.807) is 0 Å². The maximum atomic E-state index is 8.97. The third kappa shape index (κ3) is 3.83. The minimum Gasteiger partial charge on any atom is -0.456 e. The molecule has 0 aliphatic rings. The number of aromatic nitrogens is 4. The normalized spacial score (nSPS) is 18.3. The molecule has 0 saturated carbocycles. The highest BCUT2D eigenvalue weighted by Crippen LogP contribution is 2.38. The summed E-state index contributed by atoms with van der Waals surface area (Å²) in [4.78, 5) is 13.5. The third-order valence-corrected chi connectivity index (χ3v) is 6.89. The number of hydrogen-bond donors (Lipinski definition) is 0. The van der Waals surface area contributed by atoms with E-state index in [2.05, 4.69) is 15.0 Å². The summed E-state index contributed by atoms with van der Waals surface area (Å²) in [5, 5.41) is -0.545. The maximum Gasteiger partial charge on any atom is 0.238 e. The van der Waals surface area contributed by atoms with Gasteiger partial charge in [0.1, 0.15) is 11.2 Å². The predicted molar refractivity (Wildman–Crippen MR) is 178 cm³/mol. The van der Waals surface area contributed by atoms with Gasteiger partial charge in [-0.25, -0.2) is 4.98 Å². The molecule has 9 rings (SSSR count). The third-order valence-electron chi connectivity index (χ3n) is 6.89. The van der Waals surface area contributed by atoms with Gasteiger partial charge in [0.05, 0.1) is 39.8 Å². The Morgan fingerprint density at radius 2 is 1.11 bits per heavy atom. The van der Waals surface area contributed by atoms with E-state index in [1.165, 1.54) is 18.2 Å². The zero-order valence-electron chi connectivity index (χ0n) is 42.9. The van der Waals surface area contributed by atoms with Gasteiger partial charge >= 0.3 is 0 Å². The Hall–Kier alpha value is -6.07. The van der Waals surface area contributed by atoms with Crippen molar-refractivity contribution in [3.05, 3.63) is 145 Å². The molecule has 0 aliphatic carbocycles. The summed E-state index contributed by atoms with van der Waals surface area (Å²) < 4.78 is 187. The van der Waals surface area contributed by atoms with Gasteiger partial charge in [0, 0.05) is 32.7 Å². The number of rotatable bonds is 4. The standard InChI is InChI=1S/C39H24N4O/c1-3-12-25(13-4-1)28-18-11-21-34-36(28)31-23-22-27(24-35(31)44-34)38-40-37(26-14-5-2-6-15-26)41-39(42-38)43-32-19-9-7-16-29(32)30-17-8-10-20-33(30)43/h1-24H/i1D,2D,3D,4D,5D,6D,7D,8D,9D,10D,11D,12D,13D,14D,15D,16D,17D,18D,19D,20D,21D. The molecule has 0 aliphatic heterocycles. The van der Waals surface area contributed by atoms with Crippen molar-refractivity contribution in [2.45, 2.75) is 0 Å². The molecule has 3 aromatic heterocycles. The average Bonchev–Trinajstić information content (AvgIpc) is 3.86. The van der Waals surface area contributed by atoms with Crippen molar-refractivity contribution >= 4 is 43.7 Å². The summed E-state index contributed by atoms with van der Waals surface area (Å²) >= 11 is 0. The van der Waals surface area contributed by atoms with Gasteiger partial charge in [-0.2, -0.15) is 9.97 Å². The number of benzene rings is 6. The first-order valence-corrected chi connectivity index (χ1v) is 12.9. The molecule has 0 radical (unpaired) electrons. The Morgan fingerprint density at radius 3 is 1.82 bits per heavy atom. The molecule has 0 unspecified atom stereocenters. The van der Waals surface area contributed by atoms with Crippen molar-refractivity contribution in [3.63, 3.8) is 0 Å². The molecular formula is C39H24N4O. The van der Waals surface area contributed by atoms with E-state index in [1.807, 2.05) is 0 Å². The van der Waals surface area contributed by atoms with Crippen LogP contribution in [0.15, 0.2) is 150 Å². The summed E-state index contributed by atoms with van der Waals surface area (Å²) in [7, 11) is 0. The van der Waals surface area contributed by atoms with E-state index in [0.29, 0.717) is 0 Å². The SMILES string of the molecule is [2H]c1c([2H])c([2H])c(-c2nc(-c3ccc4c(c3)oc3c([2H])c([2H])c([2H])c(-c5c([2H])c([2H])c([2H])c([2H])c5[2H])c34)nc(-n3c4c([2H])c([2H])c([2H])c([2H])c4c4c([2H])c([2H])c([2H])c([2H])c43)n2)c([2H])c1[2H]. The van der Waals surface area contributed by atoms with Crippen LogP contribution in [-0.4, -0.2) is 19.5 Å². The zero-order valence-corrected chi connectivity index (χ0v) is 21.9. The lowest BCUT2D eigenvalue weighted by atomic mass is 9.99. The van der Waals surface area contributed by atoms with Crippen LogP contribution in [0.4, 0.5) is 0 Å². The number of para-hydroxylation sites is 2. The van der Waals surface area contributed by atoms with Gasteiger partial charge in [0.15, 0.2) is 11.6 Å². The molecule has 0 spiro atoms. The van der Waals surface area contributed by atoms with Crippen LogP contribution < -0.4 is 0 Å². The minimum absolute atomic E-state index is 0.0199. The average molecular weight is 586 g/mol. The molecule has 206 valence electrons. The Labute approximate surface area is 282 Å². The number of hydrogen-bond acceptors (Lipinski definition) is 4. The Bertz CT molecular complexity index is 3560. The molecule has 6 aromatic carbocycles. The molecule has 44 heavy (non-hydrogen) atoms. The van der Waals surface area contributed by atoms with E-state index in [-0.39, 0.29) is 49.7 Å². The van der Waals surface area contributed by atoms with Crippen LogP contribution in [0.2, 0.25) is 0 Å². The number of nitrogens with zero attached hydrogens (tertiary/aromatic N) is 4. The molecule has 9 aromatic rings. The van der Waals surface area contributed by atoms with Gasteiger partial charge in [-0.05, 0) is 41.4 Å². The lowest BCUT2D eigenvalue weighted by Gasteiger charge is -2.11. The monoisotopic (exact) mass is 585 g/mol. The smallest absolute Gasteiger partial charge is 0.238 e. The van der Waals surface area contributed by atoms with E-state index < -0.39 is 161 Å². The van der Waals surface area contributed by atoms with Crippen LogP contribution in [0.1, 0.15) is 28.8 Å². The molecule has 0 bridgehead atoms. The summed E-state index contributed by atoms with van der Waals surface area (Å²) in [6.07, 6.45) is 0. The number of fused-ring (bicyclic) bond motifs is 6. The molecule has 0 N–H and O–H groups in total. The Balaban J connectivity index is 1.42. The molecule has 0 fully saturated rings. The zero-order chi connectivity index (χ0) is 47.3. The molecule has 0 atom stereocenters. The van der Waals surface area contributed by atoms with Gasteiger partial charge < -0.3 is 4.42 Å². The summed E-state index contributed by atoms with van der Waals surface area (Å²) in [6.45, 7) is 0. The van der Waals surface area contributed by atoms with Crippen LogP contribution in [0.25, 0.3) is 83.6 Å². The molecule has 5 nitrogen and oxygen atoms in total. The van der Waals surface area contributed by atoms with Crippen LogP contribution >= 0.6 is 0 Å². The fourth-order valence-electron chi connectivity index (χ4n) is 5.04. The lowest BCUT2D eigenvalue weighted by molar-refractivity contribution is 0.669. The van der Waals surface area contributed by atoms with E-state index >= 15 is 0 Å². The van der Waals surface area contributed by atoms with E-state index in [4.69, 9.17) is 33.2 Å². The second kappa shape index (κ2) is 9.75. The highest BCUT2D eigenvalue weighted by Gasteiger charge is 2.19. The Kier molecular flexibility index (Phi) is 2.56. The van der Waals surface area contributed by atoms with Crippen LogP contribution in [0.3, 0.4) is 0 Å². The highest BCUT2D eigenvalue weighted by atomic mass is 16.3. The number of furan rings is 1. The molecule has 0 amide bonds. The first-order chi connectivity index (χ1) is 30.5. The summed E-state index contributed by atoms with van der Waals surface area (Å²) in [6, 6.07) is -10.6. The van der Waals surface area contributed by atoms with Crippen molar-refractivity contribution in [1.82, 2.24) is 19.5 Å². The van der Waals surface area contributed by atoms with Crippen molar-refractivity contribution in [2.24, 2.45) is 0 Å². The van der Waals surface area contributed by atoms with Gasteiger partial charge in [-0.1, -0.05) is 115 Å². The maximum absolute atomic E-state index is 8.97. The van der Waals surface area contributed by atoms with Gasteiger partial charge in [0.25, 0.3) is 0 Å². The van der Waals surface area contributed by atoms with Gasteiger partial charge in [0.2, 0.25) is 5.95 Å². The Morgan fingerprint density at radius 1 is 0.500 bits per heavy atom. The molecule has 3 heterocycles. The second-order valence-corrected chi connectivity index (χ2v) is 9.33. The summed E-state index contributed by atoms with van der Waals surface area (Å²) in [5.74, 6) is -1.50. The first kappa shape index (κ1) is 11.5. The van der Waals surface area contributed by atoms with Crippen molar-refractivity contribution < 1.29 is 33.2 Å². The molecule has 0 saturated heterocycles. The minimum atomic E-state index is -0.767. The highest BCUT2D eigenvalue weighted by molar-refractivity contribution is 6.13. The van der Waals surface area contributed by atoms with Gasteiger partial charge in [-0.3, -0.25) is 4.57 Å². The van der Waals surface area contributed by atoms with Crippen molar-refractivity contribution in [3.8, 4) is 39.9 Å². The van der Waals surface area contributed by atoms with E-state index in [9.17, 15) is 0 Å². The predicted octanol–water partition coefficient (Wildman–Crippen LogP) is 9.87. The lowest BCUT2D eigenvalue weighted by Crippen LogP contribution is -2.06. The first-order valence-electron chi connectivity index (χ1n) is 23.4.